The molecule has 4 rings (SSSR count). The summed E-state index contributed by atoms with van der Waals surface area (Å²) in [6, 6.07) is 9.46. The van der Waals surface area contributed by atoms with Crippen LogP contribution in [-0.2, 0) is 10.9 Å². The number of carbonyl (C=O) groups excluding carboxylic acids is 1. The maximum absolute atomic E-state index is 13.0. The zero-order valence-corrected chi connectivity index (χ0v) is 19.5. The number of dihydropyridines is 1. The first-order valence-electron chi connectivity index (χ1n) is 11.3. The van der Waals surface area contributed by atoms with Crippen molar-refractivity contribution in [2.45, 2.75) is 19.5 Å². The van der Waals surface area contributed by atoms with Crippen molar-refractivity contribution in [3.63, 3.8) is 0 Å². The Morgan fingerprint density at radius 3 is 2.86 bits per heavy atom. The van der Waals surface area contributed by atoms with E-state index in [1.165, 1.54) is 12.1 Å². The van der Waals surface area contributed by atoms with E-state index >= 15 is 0 Å². The van der Waals surface area contributed by atoms with Gasteiger partial charge in [-0.25, -0.2) is 4.68 Å². The summed E-state index contributed by atoms with van der Waals surface area (Å²) in [6.07, 6.45) is 3.26. The van der Waals surface area contributed by atoms with Crippen LogP contribution in [0.3, 0.4) is 0 Å². The van der Waals surface area contributed by atoms with Crippen molar-refractivity contribution in [2.75, 3.05) is 25.1 Å². The highest BCUT2D eigenvalue weighted by Crippen LogP contribution is 2.30. The SMILES string of the molecule is Cc1ccc(NC(=O)c2cccc(C(F)(F)F)c2)cc1-n1cc(C2=CNCC=C2OCCCO)cn1. The largest absolute Gasteiger partial charge is 0.493 e. The number of amides is 1. The molecule has 1 aromatic heterocycles. The fourth-order valence-corrected chi connectivity index (χ4v) is 3.67. The molecule has 0 bridgehead atoms. The van der Waals surface area contributed by atoms with Gasteiger partial charge in [-0.05, 0) is 48.9 Å². The van der Waals surface area contributed by atoms with E-state index in [0.717, 1.165) is 28.8 Å². The van der Waals surface area contributed by atoms with Crippen molar-refractivity contribution in [1.29, 1.82) is 0 Å². The van der Waals surface area contributed by atoms with Crippen molar-refractivity contribution in [1.82, 2.24) is 15.1 Å². The van der Waals surface area contributed by atoms with E-state index in [1.54, 1.807) is 29.1 Å². The lowest BCUT2D eigenvalue weighted by atomic mass is 10.1. The van der Waals surface area contributed by atoms with Crippen LogP contribution in [-0.4, -0.2) is 40.6 Å². The third-order valence-corrected chi connectivity index (χ3v) is 5.54. The van der Waals surface area contributed by atoms with Crippen molar-refractivity contribution in [3.8, 4) is 5.69 Å². The van der Waals surface area contributed by atoms with Crippen LogP contribution in [0.5, 0.6) is 0 Å². The van der Waals surface area contributed by atoms with Gasteiger partial charge in [0.15, 0.2) is 0 Å². The minimum Gasteiger partial charge on any atom is -0.493 e. The number of hydrogen-bond donors (Lipinski definition) is 3. The van der Waals surface area contributed by atoms with E-state index in [2.05, 4.69) is 15.7 Å². The second-order valence-corrected chi connectivity index (χ2v) is 8.17. The fourth-order valence-electron chi connectivity index (χ4n) is 3.67. The van der Waals surface area contributed by atoms with E-state index in [9.17, 15) is 18.0 Å². The number of carbonyl (C=O) groups is 1. The van der Waals surface area contributed by atoms with Crippen LogP contribution in [0.25, 0.3) is 11.3 Å². The van der Waals surface area contributed by atoms with Gasteiger partial charge in [-0.2, -0.15) is 18.3 Å². The van der Waals surface area contributed by atoms with E-state index in [-0.39, 0.29) is 12.2 Å². The Labute approximate surface area is 205 Å². The average Bonchev–Trinajstić information content (AvgIpc) is 3.35. The smallest absolute Gasteiger partial charge is 0.416 e. The van der Waals surface area contributed by atoms with Gasteiger partial charge in [-0.15, -0.1) is 0 Å². The van der Waals surface area contributed by atoms with Gasteiger partial charge in [-0.3, -0.25) is 4.79 Å². The van der Waals surface area contributed by atoms with Crippen molar-refractivity contribution in [3.05, 3.63) is 95.1 Å². The molecule has 1 aliphatic rings. The Kier molecular flexibility index (Phi) is 7.44. The number of aliphatic hydroxyl groups excluding tert-OH is 1. The summed E-state index contributed by atoms with van der Waals surface area (Å²) in [5.41, 5.74) is 2.63. The first-order chi connectivity index (χ1) is 17.3. The molecular weight excluding hydrogens is 473 g/mol. The Bertz CT molecular complexity index is 1310. The van der Waals surface area contributed by atoms with Crippen LogP contribution < -0.4 is 10.6 Å². The molecule has 7 nitrogen and oxygen atoms in total. The molecule has 0 spiro atoms. The predicted molar refractivity (Wildman–Crippen MR) is 129 cm³/mol. The maximum atomic E-state index is 13.0. The molecule has 2 aromatic carbocycles. The number of ether oxygens (including phenoxy) is 1. The molecule has 36 heavy (non-hydrogen) atoms. The topological polar surface area (TPSA) is 88.4 Å². The molecule has 1 amide bonds. The van der Waals surface area contributed by atoms with Crippen molar-refractivity contribution in [2.24, 2.45) is 0 Å². The summed E-state index contributed by atoms with van der Waals surface area (Å²) in [7, 11) is 0. The lowest BCUT2D eigenvalue weighted by molar-refractivity contribution is -0.137. The van der Waals surface area contributed by atoms with Crippen LogP contribution in [0.4, 0.5) is 18.9 Å². The van der Waals surface area contributed by atoms with Gasteiger partial charge in [-0.1, -0.05) is 12.1 Å². The third kappa shape index (κ3) is 5.77. The highest BCUT2D eigenvalue weighted by molar-refractivity contribution is 6.04. The predicted octanol–water partition coefficient (Wildman–Crippen LogP) is 4.68. The van der Waals surface area contributed by atoms with Gasteiger partial charge in [0, 0.05) is 54.4 Å². The highest BCUT2D eigenvalue weighted by Gasteiger charge is 2.31. The third-order valence-electron chi connectivity index (χ3n) is 5.54. The van der Waals surface area contributed by atoms with Gasteiger partial charge in [0.2, 0.25) is 0 Å². The van der Waals surface area contributed by atoms with E-state index in [0.29, 0.717) is 36.7 Å². The number of rotatable bonds is 8. The van der Waals surface area contributed by atoms with E-state index in [4.69, 9.17) is 9.84 Å². The number of benzene rings is 2. The van der Waals surface area contributed by atoms with Crippen LogP contribution in [0.1, 0.15) is 33.5 Å². The van der Waals surface area contributed by atoms with Crippen LogP contribution in [0, 0.1) is 6.92 Å². The first-order valence-corrected chi connectivity index (χ1v) is 11.3. The number of aromatic nitrogens is 2. The zero-order valence-electron chi connectivity index (χ0n) is 19.5. The van der Waals surface area contributed by atoms with Gasteiger partial charge in [0.1, 0.15) is 5.76 Å². The Morgan fingerprint density at radius 2 is 2.08 bits per heavy atom. The molecule has 0 radical (unpaired) electrons. The molecule has 188 valence electrons. The summed E-state index contributed by atoms with van der Waals surface area (Å²) < 4.78 is 46.5. The summed E-state index contributed by atoms with van der Waals surface area (Å²) in [4.78, 5) is 12.6. The van der Waals surface area contributed by atoms with Crippen LogP contribution in [0.15, 0.2) is 72.9 Å². The second-order valence-electron chi connectivity index (χ2n) is 8.17. The first kappa shape index (κ1) is 25.1. The minimum atomic E-state index is -4.53. The maximum Gasteiger partial charge on any atom is 0.416 e. The number of aryl methyl sites for hydroxylation is 1. The molecule has 10 heteroatoms. The molecule has 0 aliphatic carbocycles. The minimum absolute atomic E-state index is 0.0441. The summed E-state index contributed by atoms with van der Waals surface area (Å²) in [5.74, 6) is 0.0471. The lowest BCUT2D eigenvalue weighted by Gasteiger charge is -2.17. The molecular formula is C26H25F3N4O3. The quantitative estimate of drug-likeness (QED) is 0.393. The summed E-state index contributed by atoms with van der Waals surface area (Å²) >= 11 is 0. The van der Waals surface area contributed by atoms with Crippen molar-refractivity contribution < 1.29 is 27.8 Å². The number of anilines is 1. The molecule has 0 atom stereocenters. The van der Waals surface area contributed by atoms with Gasteiger partial charge >= 0.3 is 6.18 Å². The summed E-state index contributed by atoms with van der Waals surface area (Å²) in [6.45, 7) is 2.95. The molecule has 1 aliphatic heterocycles. The Morgan fingerprint density at radius 1 is 1.25 bits per heavy atom. The fraction of sp³-hybridized carbons (Fsp3) is 0.231. The number of alkyl halides is 3. The lowest BCUT2D eigenvalue weighted by Crippen LogP contribution is -2.14. The summed E-state index contributed by atoms with van der Waals surface area (Å²) in [5, 5.41) is 19.3. The molecule has 0 saturated heterocycles. The normalized spacial score (nSPS) is 13.5. The zero-order chi connectivity index (χ0) is 25.7. The molecule has 0 fully saturated rings. The number of nitrogens with one attached hydrogen (secondary N) is 2. The molecule has 3 aromatic rings. The van der Waals surface area contributed by atoms with Crippen molar-refractivity contribution >= 4 is 17.2 Å². The standard InChI is InChI=1S/C26H25F3N4O3/c1-17-6-7-21(32-25(35)18-4-2-5-20(12-18)26(27,28)29)13-23(17)33-16-19(14-31-33)22-15-30-9-8-24(22)36-11-3-10-34/h2,4-8,12-16,30,34H,3,9-11H2,1H3,(H,32,35). The second kappa shape index (κ2) is 10.7. The molecule has 0 unspecified atom stereocenters. The number of nitrogens with zero attached hydrogens (tertiary/aromatic N) is 2. The van der Waals surface area contributed by atoms with Gasteiger partial charge < -0.3 is 20.5 Å². The number of hydrogen-bond acceptors (Lipinski definition) is 5. The van der Waals surface area contributed by atoms with E-state index < -0.39 is 17.6 Å². The molecule has 2 heterocycles. The average molecular weight is 499 g/mol. The van der Waals surface area contributed by atoms with Gasteiger partial charge in [0.05, 0.1) is 24.1 Å². The van der Waals surface area contributed by atoms with E-state index in [1.807, 2.05) is 25.4 Å². The molecule has 0 saturated carbocycles. The monoisotopic (exact) mass is 498 g/mol. The number of aliphatic hydroxyl groups is 1. The molecule has 3 N–H and O–H groups in total. The van der Waals surface area contributed by atoms with Crippen LogP contribution >= 0.6 is 0 Å². The van der Waals surface area contributed by atoms with Crippen LogP contribution in [0.2, 0.25) is 0 Å². The Hall–Kier alpha value is -4.05. The Balaban J connectivity index is 1.54. The van der Waals surface area contributed by atoms with Gasteiger partial charge in [0.25, 0.3) is 5.91 Å². The highest BCUT2D eigenvalue weighted by atomic mass is 19.4. The number of halogens is 3. The number of allylic oxidation sites excluding steroid dienone is 1.